The van der Waals surface area contributed by atoms with Gasteiger partial charge in [0.05, 0.1) is 5.56 Å². The summed E-state index contributed by atoms with van der Waals surface area (Å²) >= 11 is 1.25. The van der Waals surface area contributed by atoms with Gasteiger partial charge in [0.2, 0.25) is 0 Å². The highest BCUT2D eigenvalue weighted by Gasteiger charge is 2.30. The number of ether oxygens (including phenoxy) is 1. The molecule has 2 aromatic rings. The highest BCUT2D eigenvalue weighted by molar-refractivity contribution is 7.15. The predicted molar refractivity (Wildman–Crippen MR) is 99.3 cm³/mol. The molecule has 28 heavy (non-hydrogen) atoms. The van der Waals surface area contributed by atoms with Crippen LogP contribution in [-0.2, 0) is 22.1 Å². The number of carboxylic acid groups (broad SMARTS) is 1. The van der Waals surface area contributed by atoms with Crippen LogP contribution in [0.5, 0.6) is 0 Å². The van der Waals surface area contributed by atoms with Crippen LogP contribution in [0.3, 0.4) is 0 Å². The smallest absolute Gasteiger partial charge is 0.416 e. The molecule has 5 nitrogen and oxygen atoms in total. The first kappa shape index (κ1) is 21.7. The lowest BCUT2D eigenvalue weighted by molar-refractivity contribution is -0.139. The van der Waals surface area contributed by atoms with E-state index in [1.807, 2.05) is 0 Å². The Kier molecular flexibility index (Phi) is 6.38. The molecule has 0 fully saturated rings. The number of rotatable bonds is 5. The van der Waals surface area contributed by atoms with Crippen LogP contribution in [0.25, 0.3) is 10.4 Å². The summed E-state index contributed by atoms with van der Waals surface area (Å²) < 4.78 is 43.0. The molecule has 0 aliphatic rings. The summed E-state index contributed by atoms with van der Waals surface area (Å²) in [6.07, 6.45) is -5.21. The predicted octanol–water partition coefficient (Wildman–Crippen LogP) is 4.95. The topological polar surface area (TPSA) is 75.6 Å². The molecular formula is C19H20F3NO4S. The van der Waals surface area contributed by atoms with Crippen molar-refractivity contribution < 1.29 is 32.6 Å². The quantitative estimate of drug-likeness (QED) is 0.724. The van der Waals surface area contributed by atoms with E-state index in [0.717, 1.165) is 12.1 Å². The van der Waals surface area contributed by atoms with Gasteiger partial charge < -0.3 is 15.2 Å². The van der Waals surface area contributed by atoms with Gasteiger partial charge in [-0.1, -0.05) is 12.1 Å². The fourth-order valence-electron chi connectivity index (χ4n) is 2.32. The molecule has 2 rings (SSSR count). The Bertz CT molecular complexity index is 838. The van der Waals surface area contributed by atoms with Gasteiger partial charge in [-0.3, -0.25) is 0 Å². The Hall–Kier alpha value is -2.55. The van der Waals surface area contributed by atoms with Gasteiger partial charge >= 0.3 is 18.2 Å². The third kappa shape index (κ3) is 6.26. The van der Waals surface area contributed by atoms with E-state index in [1.165, 1.54) is 23.5 Å². The van der Waals surface area contributed by atoms with Crippen LogP contribution in [0.15, 0.2) is 36.4 Å². The number of alkyl carbamates (subject to hydrolysis) is 1. The Labute approximate surface area is 164 Å². The molecule has 0 radical (unpaired) electrons. The van der Waals surface area contributed by atoms with Crippen LogP contribution in [0.1, 0.15) is 31.2 Å². The number of amides is 1. The van der Waals surface area contributed by atoms with Crippen molar-refractivity contribution in [3.63, 3.8) is 0 Å². The summed E-state index contributed by atoms with van der Waals surface area (Å²) in [6, 6.07) is 6.93. The van der Waals surface area contributed by atoms with Crippen LogP contribution < -0.4 is 5.32 Å². The zero-order valence-corrected chi connectivity index (χ0v) is 16.3. The average molecular weight is 415 g/mol. The molecular weight excluding hydrogens is 395 g/mol. The molecule has 0 saturated carbocycles. The van der Waals surface area contributed by atoms with Crippen molar-refractivity contribution in [2.75, 3.05) is 0 Å². The van der Waals surface area contributed by atoms with Gasteiger partial charge in [0, 0.05) is 16.2 Å². The minimum atomic E-state index is -4.40. The summed E-state index contributed by atoms with van der Waals surface area (Å²) in [5.74, 6) is -1.21. The Morgan fingerprint density at radius 3 is 2.21 bits per heavy atom. The van der Waals surface area contributed by atoms with E-state index in [1.54, 1.807) is 32.9 Å². The van der Waals surface area contributed by atoms with E-state index in [0.29, 0.717) is 15.3 Å². The molecule has 1 heterocycles. The summed E-state index contributed by atoms with van der Waals surface area (Å²) in [5.41, 5.74) is -0.900. The van der Waals surface area contributed by atoms with Crippen LogP contribution in [0, 0.1) is 0 Å². The lowest BCUT2D eigenvalue weighted by Gasteiger charge is -2.21. The van der Waals surface area contributed by atoms with Crippen LogP contribution >= 0.6 is 11.3 Å². The van der Waals surface area contributed by atoms with E-state index < -0.39 is 35.4 Å². The highest BCUT2D eigenvalue weighted by Crippen LogP contribution is 2.33. The molecule has 152 valence electrons. The summed E-state index contributed by atoms with van der Waals surface area (Å²) in [6.45, 7) is 4.99. The van der Waals surface area contributed by atoms with E-state index in [2.05, 4.69) is 5.32 Å². The fourth-order valence-corrected chi connectivity index (χ4v) is 3.38. The molecule has 1 unspecified atom stereocenters. The number of thiophene rings is 1. The van der Waals surface area contributed by atoms with Crippen molar-refractivity contribution >= 4 is 23.4 Å². The lowest BCUT2D eigenvalue weighted by atomic mass is 10.1. The average Bonchev–Trinajstić information content (AvgIpc) is 3.00. The van der Waals surface area contributed by atoms with Crippen molar-refractivity contribution in [2.45, 2.75) is 45.0 Å². The Balaban J connectivity index is 2.09. The largest absolute Gasteiger partial charge is 0.480 e. The minimum Gasteiger partial charge on any atom is -0.480 e. The lowest BCUT2D eigenvalue weighted by Crippen LogP contribution is -2.44. The van der Waals surface area contributed by atoms with Gasteiger partial charge in [-0.2, -0.15) is 13.2 Å². The van der Waals surface area contributed by atoms with E-state index >= 15 is 0 Å². The molecule has 2 N–H and O–H groups in total. The third-order valence-electron chi connectivity index (χ3n) is 3.55. The number of carbonyl (C=O) groups excluding carboxylic acids is 1. The normalized spacial score (nSPS) is 13.1. The van der Waals surface area contributed by atoms with Crippen molar-refractivity contribution in [3.05, 3.63) is 46.8 Å². The van der Waals surface area contributed by atoms with Crippen molar-refractivity contribution in [1.82, 2.24) is 5.32 Å². The third-order valence-corrected chi connectivity index (χ3v) is 4.71. The van der Waals surface area contributed by atoms with E-state index in [-0.39, 0.29) is 6.42 Å². The van der Waals surface area contributed by atoms with Crippen LogP contribution in [0.4, 0.5) is 18.0 Å². The molecule has 0 aliphatic heterocycles. The number of aliphatic carboxylic acids is 1. The molecule has 1 aromatic heterocycles. The zero-order valence-electron chi connectivity index (χ0n) is 15.5. The van der Waals surface area contributed by atoms with Gasteiger partial charge in [-0.25, -0.2) is 9.59 Å². The van der Waals surface area contributed by atoms with Gasteiger partial charge in [-0.15, -0.1) is 11.3 Å². The van der Waals surface area contributed by atoms with Gasteiger partial charge in [0.25, 0.3) is 0 Å². The minimum absolute atomic E-state index is 0.0277. The number of halogens is 3. The van der Waals surface area contributed by atoms with Crippen molar-refractivity contribution in [2.24, 2.45) is 0 Å². The summed E-state index contributed by atoms with van der Waals surface area (Å²) in [7, 11) is 0. The number of benzene rings is 1. The van der Waals surface area contributed by atoms with Crippen molar-refractivity contribution in [3.8, 4) is 10.4 Å². The maximum absolute atomic E-state index is 12.7. The summed E-state index contributed by atoms with van der Waals surface area (Å²) in [4.78, 5) is 24.6. The number of nitrogens with one attached hydrogen (secondary N) is 1. The first-order valence-corrected chi connectivity index (χ1v) is 9.15. The molecule has 0 saturated heterocycles. The first-order valence-electron chi connectivity index (χ1n) is 8.34. The second kappa shape index (κ2) is 8.22. The summed E-state index contributed by atoms with van der Waals surface area (Å²) in [5, 5.41) is 11.7. The van der Waals surface area contributed by atoms with Gasteiger partial charge in [-0.05, 0) is 50.6 Å². The number of alkyl halides is 3. The molecule has 9 heteroatoms. The van der Waals surface area contributed by atoms with E-state index in [4.69, 9.17) is 4.74 Å². The standard InChI is InChI=1S/C19H20F3NO4S/c1-18(2,3)27-17(26)23-14(16(24)25)10-13-8-9-15(28-13)11-4-6-12(7-5-11)19(20,21)22/h4-9,14H,10H2,1-3H3,(H,23,26)(H,24,25). The number of carbonyl (C=O) groups is 2. The molecule has 0 bridgehead atoms. The highest BCUT2D eigenvalue weighted by atomic mass is 32.1. The monoisotopic (exact) mass is 415 g/mol. The Morgan fingerprint density at radius 2 is 1.71 bits per heavy atom. The number of carboxylic acids is 1. The number of hydrogen-bond donors (Lipinski definition) is 2. The van der Waals surface area contributed by atoms with Crippen LogP contribution in [-0.4, -0.2) is 28.8 Å². The van der Waals surface area contributed by atoms with Crippen molar-refractivity contribution in [1.29, 1.82) is 0 Å². The SMILES string of the molecule is CC(C)(C)OC(=O)NC(Cc1ccc(-c2ccc(C(F)(F)F)cc2)s1)C(=O)O. The number of hydrogen-bond acceptors (Lipinski definition) is 4. The second-order valence-electron chi connectivity index (χ2n) is 7.08. The van der Waals surface area contributed by atoms with Gasteiger partial charge in [0.15, 0.2) is 0 Å². The maximum Gasteiger partial charge on any atom is 0.416 e. The maximum atomic E-state index is 12.7. The molecule has 1 amide bonds. The second-order valence-corrected chi connectivity index (χ2v) is 8.25. The molecule has 1 atom stereocenters. The molecule has 0 spiro atoms. The molecule has 0 aliphatic carbocycles. The first-order chi connectivity index (χ1) is 12.8. The van der Waals surface area contributed by atoms with Gasteiger partial charge in [0.1, 0.15) is 11.6 Å². The zero-order chi connectivity index (χ0) is 21.1. The Morgan fingerprint density at radius 1 is 1.11 bits per heavy atom. The molecule has 1 aromatic carbocycles. The fraction of sp³-hybridized carbons (Fsp3) is 0.368. The van der Waals surface area contributed by atoms with Crippen LogP contribution in [0.2, 0.25) is 0 Å². The van der Waals surface area contributed by atoms with E-state index in [9.17, 15) is 27.9 Å².